The van der Waals surface area contributed by atoms with Gasteiger partial charge in [-0.05, 0) is 55.2 Å². The minimum atomic E-state index is -2.87. The lowest BCUT2D eigenvalue weighted by atomic mass is 10.1. The Hall–Kier alpha value is -2.96. The van der Waals surface area contributed by atoms with Gasteiger partial charge in [0.25, 0.3) is 0 Å². The van der Waals surface area contributed by atoms with Gasteiger partial charge in [0.15, 0.2) is 0 Å². The van der Waals surface area contributed by atoms with Gasteiger partial charge in [-0.25, -0.2) is 0 Å². The predicted octanol–water partition coefficient (Wildman–Crippen LogP) is 4.06. The van der Waals surface area contributed by atoms with E-state index in [2.05, 4.69) is 15.4 Å². The number of ether oxygens (including phenoxy) is 1. The van der Waals surface area contributed by atoms with Gasteiger partial charge in [0, 0.05) is 11.6 Å². The van der Waals surface area contributed by atoms with Crippen LogP contribution in [-0.2, 0) is 16.0 Å². The van der Waals surface area contributed by atoms with Gasteiger partial charge in [0.1, 0.15) is 5.75 Å². The Balaban J connectivity index is 1.49. The lowest BCUT2D eigenvalue weighted by molar-refractivity contribution is -0.121. The van der Waals surface area contributed by atoms with Crippen molar-refractivity contribution in [1.82, 2.24) is 5.32 Å². The van der Waals surface area contributed by atoms with E-state index in [1.807, 2.05) is 31.2 Å². The SMILES string of the molecule is CC(NC(=O)Cc1ccc(OC(F)F)cc1)c1ccc(NC(=O)C2CC2)cc1. The quantitative estimate of drug-likeness (QED) is 0.717. The Morgan fingerprint density at radius 2 is 1.71 bits per heavy atom. The average molecular weight is 388 g/mol. The number of anilines is 1. The maximum absolute atomic E-state index is 12.2. The van der Waals surface area contributed by atoms with Crippen molar-refractivity contribution in [3.8, 4) is 5.75 Å². The summed E-state index contributed by atoms with van der Waals surface area (Å²) in [5.74, 6) is 0.0792. The highest BCUT2D eigenvalue weighted by Gasteiger charge is 2.29. The van der Waals surface area contributed by atoms with Crippen LogP contribution < -0.4 is 15.4 Å². The Kier molecular flexibility index (Phi) is 6.23. The fourth-order valence-electron chi connectivity index (χ4n) is 2.79. The number of hydrogen-bond acceptors (Lipinski definition) is 3. The van der Waals surface area contributed by atoms with Crippen molar-refractivity contribution in [1.29, 1.82) is 0 Å². The molecule has 0 radical (unpaired) electrons. The zero-order valence-electron chi connectivity index (χ0n) is 15.5. The molecule has 148 valence electrons. The Labute approximate surface area is 162 Å². The summed E-state index contributed by atoms with van der Waals surface area (Å²) in [6.07, 6.45) is 2.04. The lowest BCUT2D eigenvalue weighted by Crippen LogP contribution is -2.28. The molecule has 1 saturated carbocycles. The molecule has 0 aromatic heterocycles. The van der Waals surface area contributed by atoms with E-state index in [9.17, 15) is 18.4 Å². The van der Waals surface area contributed by atoms with E-state index < -0.39 is 6.61 Å². The standard InChI is InChI=1S/C21H22F2N2O3/c1-13(15-6-8-17(9-7-15)25-20(27)16-4-5-16)24-19(26)12-14-2-10-18(11-3-14)28-21(22)23/h2-3,6-11,13,16,21H,4-5,12H2,1H3,(H,24,26)(H,25,27). The minimum absolute atomic E-state index is 0.0547. The van der Waals surface area contributed by atoms with E-state index in [1.165, 1.54) is 12.1 Å². The highest BCUT2D eigenvalue weighted by atomic mass is 19.3. The number of halogens is 2. The number of nitrogens with one attached hydrogen (secondary N) is 2. The molecule has 0 heterocycles. The van der Waals surface area contributed by atoms with Gasteiger partial charge in [-0.2, -0.15) is 8.78 Å². The predicted molar refractivity (Wildman–Crippen MR) is 101 cm³/mol. The molecular weight excluding hydrogens is 366 g/mol. The number of benzene rings is 2. The molecular formula is C21H22F2N2O3. The summed E-state index contributed by atoms with van der Waals surface area (Å²) < 4.78 is 28.6. The van der Waals surface area contributed by atoms with Crippen LogP contribution in [0.1, 0.15) is 36.9 Å². The zero-order valence-corrected chi connectivity index (χ0v) is 15.5. The molecule has 1 atom stereocenters. The molecule has 0 saturated heterocycles. The summed E-state index contributed by atoms with van der Waals surface area (Å²) in [5, 5.41) is 5.78. The second-order valence-corrected chi connectivity index (χ2v) is 6.87. The van der Waals surface area contributed by atoms with E-state index in [4.69, 9.17) is 0 Å². The molecule has 1 aliphatic rings. The van der Waals surface area contributed by atoms with Crippen LogP contribution in [-0.4, -0.2) is 18.4 Å². The number of alkyl halides is 2. The van der Waals surface area contributed by atoms with Crippen molar-refractivity contribution in [3.05, 3.63) is 59.7 Å². The molecule has 28 heavy (non-hydrogen) atoms. The van der Waals surface area contributed by atoms with Gasteiger partial charge in [-0.15, -0.1) is 0 Å². The first-order chi connectivity index (χ1) is 13.4. The summed E-state index contributed by atoms with van der Waals surface area (Å²) in [5.41, 5.74) is 2.35. The van der Waals surface area contributed by atoms with E-state index in [1.54, 1.807) is 12.1 Å². The Bertz CT molecular complexity index is 819. The van der Waals surface area contributed by atoms with Crippen LogP contribution in [0.2, 0.25) is 0 Å². The number of carbonyl (C=O) groups is 2. The maximum Gasteiger partial charge on any atom is 0.387 e. The van der Waals surface area contributed by atoms with Crippen LogP contribution in [0, 0.1) is 5.92 Å². The van der Waals surface area contributed by atoms with Crippen LogP contribution in [0.5, 0.6) is 5.75 Å². The lowest BCUT2D eigenvalue weighted by Gasteiger charge is -2.15. The van der Waals surface area contributed by atoms with Crippen molar-refractivity contribution in [2.45, 2.75) is 38.8 Å². The molecule has 2 N–H and O–H groups in total. The average Bonchev–Trinajstić information content (AvgIpc) is 3.48. The van der Waals surface area contributed by atoms with Gasteiger partial charge in [0.05, 0.1) is 12.5 Å². The molecule has 5 nitrogen and oxygen atoms in total. The Morgan fingerprint density at radius 1 is 1.07 bits per heavy atom. The minimum Gasteiger partial charge on any atom is -0.435 e. The fourth-order valence-corrected chi connectivity index (χ4v) is 2.79. The van der Waals surface area contributed by atoms with Crippen molar-refractivity contribution in [2.75, 3.05) is 5.32 Å². The summed E-state index contributed by atoms with van der Waals surface area (Å²) in [6, 6.07) is 13.1. The Morgan fingerprint density at radius 3 is 2.29 bits per heavy atom. The van der Waals surface area contributed by atoms with Gasteiger partial charge in [0.2, 0.25) is 11.8 Å². The van der Waals surface area contributed by atoms with Crippen LogP contribution in [0.15, 0.2) is 48.5 Å². The van der Waals surface area contributed by atoms with Crippen LogP contribution in [0.3, 0.4) is 0 Å². The molecule has 0 bridgehead atoms. The molecule has 2 amide bonds. The van der Waals surface area contributed by atoms with E-state index in [-0.39, 0.29) is 35.9 Å². The zero-order chi connectivity index (χ0) is 20.1. The number of rotatable bonds is 8. The molecule has 3 rings (SSSR count). The molecule has 1 unspecified atom stereocenters. The van der Waals surface area contributed by atoms with Crippen LogP contribution in [0.25, 0.3) is 0 Å². The van der Waals surface area contributed by atoms with E-state index in [0.717, 1.165) is 24.1 Å². The summed E-state index contributed by atoms with van der Waals surface area (Å²) in [7, 11) is 0. The van der Waals surface area contributed by atoms with Gasteiger partial charge >= 0.3 is 6.61 Å². The highest BCUT2D eigenvalue weighted by Crippen LogP contribution is 2.30. The van der Waals surface area contributed by atoms with Crippen LogP contribution in [0.4, 0.5) is 14.5 Å². The smallest absolute Gasteiger partial charge is 0.387 e. The molecule has 1 fully saturated rings. The van der Waals surface area contributed by atoms with Crippen molar-refractivity contribution in [2.24, 2.45) is 5.92 Å². The third kappa shape index (κ3) is 5.77. The van der Waals surface area contributed by atoms with Gasteiger partial charge in [-0.1, -0.05) is 24.3 Å². The molecule has 2 aromatic rings. The summed E-state index contributed by atoms with van der Waals surface area (Å²) in [6.45, 7) is -1.00. The second-order valence-electron chi connectivity index (χ2n) is 6.87. The van der Waals surface area contributed by atoms with Crippen molar-refractivity contribution in [3.63, 3.8) is 0 Å². The van der Waals surface area contributed by atoms with Gasteiger partial charge in [-0.3, -0.25) is 9.59 Å². The van der Waals surface area contributed by atoms with E-state index in [0.29, 0.717) is 5.56 Å². The first-order valence-electron chi connectivity index (χ1n) is 9.14. The second kappa shape index (κ2) is 8.82. The monoisotopic (exact) mass is 388 g/mol. The number of amides is 2. The third-order valence-corrected chi connectivity index (χ3v) is 4.52. The largest absolute Gasteiger partial charge is 0.435 e. The first kappa shape index (κ1) is 19.8. The summed E-state index contributed by atoms with van der Waals surface area (Å²) in [4.78, 5) is 24.0. The molecule has 0 aliphatic heterocycles. The van der Waals surface area contributed by atoms with Crippen molar-refractivity contribution < 1.29 is 23.1 Å². The highest BCUT2D eigenvalue weighted by molar-refractivity contribution is 5.94. The molecule has 1 aliphatic carbocycles. The topological polar surface area (TPSA) is 67.4 Å². The van der Waals surface area contributed by atoms with E-state index >= 15 is 0 Å². The third-order valence-electron chi connectivity index (χ3n) is 4.52. The molecule has 7 heteroatoms. The number of carbonyl (C=O) groups excluding carboxylic acids is 2. The normalized spacial score (nSPS) is 14.4. The van der Waals surface area contributed by atoms with Crippen LogP contribution >= 0.6 is 0 Å². The first-order valence-corrected chi connectivity index (χ1v) is 9.14. The van der Waals surface area contributed by atoms with Crippen molar-refractivity contribution >= 4 is 17.5 Å². The molecule has 0 spiro atoms. The fraction of sp³-hybridized carbons (Fsp3) is 0.333. The maximum atomic E-state index is 12.2. The number of hydrogen-bond donors (Lipinski definition) is 2. The van der Waals surface area contributed by atoms with Gasteiger partial charge < -0.3 is 15.4 Å². The summed E-state index contributed by atoms with van der Waals surface area (Å²) >= 11 is 0. The molecule has 2 aromatic carbocycles.